The summed E-state index contributed by atoms with van der Waals surface area (Å²) in [6, 6.07) is 6.65. The largest absolute Gasteiger partial charge is 0.378 e. The Kier molecular flexibility index (Phi) is 9.92. The van der Waals surface area contributed by atoms with E-state index in [4.69, 9.17) is 16.3 Å². The maximum Gasteiger partial charge on any atom is 0.301 e. The maximum atomic E-state index is 12.7. The second kappa shape index (κ2) is 11.9. The molecule has 0 bridgehead atoms. The molecule has 1 N–H and O–H groups in total. The molecule has 1 aliphatic rings. The van der Waals surface area contributed by atoms with Crippen LogP contribution in [0.5, 0.6) is 0 Å². The SMILES string of the molecule is C=CCN(C)CCCCO[C@H]1CC[C@H](N(C)S(=O)(=O)Nc2ccc(Cl)cc2)CC1. The van der Waals surface area contributed by atoms with Gasteiger partial charge in [0.15, 0.2) is 0 Å². The molecule has 0 heterocycles. The van der Waals surface area contributed by atoms with Crippen molar-refractivity contribution in [2.24, 2.45) is 0 Å². The van der Waals surface area contributed by atoms with Crippen LogP contribution in [0, 0.1) is 0 Å². The van der Waals surface area contributed by atoms with Gasteiger partial charge in [0.25, 0.3) is 0 Å². The third-order valence-corrected chi connectivity index (χ3v) is 7.16. The van der Waals surface area contributed by atoms with E-state index >= 15 is 0 Å². The highest BCUT2D eigenvalue weighted by Gasteiger charge is 2.30. The molecule has 1 aromatic rings. The first-order valence-electron chi connectivity index (χ1n) is 10.2. The standard InChI is InChI=1S/C21H34ClN3O3S/c1-4-15-24(2)16-5-6-17-28-21-13-11-20(12-14-21)25(3)29(26,27)23-19-9-7-18(22)8-10-19/h4,7-10,20-21,23H,1,5-6,11-17H2,2-3H3/t20-,21-. The molecule has 0 radical (unpaired) electrons. The zero-order chi connectivity index (χ0) is 21.3. The maximum absolute atomic E-state index is 12.7. The van der Waals surface area contributed by atoms with Crippen molar-refractivity contribution in [3.8, 4) is 0 Å². The fourth-order valence-electron chi connectivity index (χ4n) is 3.56. The summed E-state index contributed by atoms with van der Waals surface area (Å²) in [5.74, 6) is 0. The fraction of sp³-hybridized carbons (Fsp3) is 0.619. The average Bonchev–Trinajstić information content (AvgIpc) is 2.69. The molecule has 1 saturated carbocycles. The first-order chi connectivity index (χ1) is 13.8. The molecule has 1 aliphatic carbocycles. The van der Waals surface area contributed by atoms with Crippen molar-refractivity contribution in [2.75, 3.05) is 38.5 Å². The molecule has 1 fully saturated rings. The van der Waals surface area contributed by atoms with Crippen molar-refractivity contribution >= 4 is 27.5 Å². The zero-order valence-corrected chi connectivity index (χ0v) is 19.1. The summed E-state index contributed by atoms with van der Waals surface area (Å²) in [4.78, 5) is 2.24. The van der Waals surface area contributed by atoms with E-state index < -0.39 is 10.2 Å². The van der Waals surface area contributed by atoms with E-state index in [0.29, 0.717) is 10.7 Å². The second-order valence-corrected chi connectivity index (χ2v) is 9.86. The minimum atomic E-state index is -3.59. The molecule has 0 atom stereocenters. The van der Waals surface area contributed by atoms with E-state index in [1.54, 1.807) is 31.3 Å². The van der Waals surface area contributed by atoms with Crippen molar-refractivity contribution in [3.05, 3.63) is 41.9 Å². The number of nitrogens with one attached hydrogen (secondary N) is 1. The van der Waals surface area contributed by atoms with E-state index in [0.717, 1.165) is 58.2 Å². The van der Waals surface area contributed by atoms with Crippen LogP contribution in [0.15, 0.2) is 36.9 Å². The second-order valence-electron chi connectivity index (χ2n) is 7.69. The molecule has 164 valence electrons. The van der Waals surface area contributed by atoms with Gasteiger partial charge in [0.1, 0.15) is 0 Å². The molecule has 29 heavy (non-hydrogen) atoms. The Bertz CT molecular complexity index is 719. The highest BCUT2D eigenvalue weighted by Crippen LogP contribution is 2.27. The average molecular weight is 444 g/mol. The summed E-state index contributed by atoms with van der Waals surface area (Å²) in [7, 11) is 0.143. The van der Waals surface area contributed by atoms with Gasteiger partial charge in [-0.1, -0.05) is 17.7 Å². The van der Waals surface area contributed by atoms with Crippen LogP contribution in [-0.4, -0.2) is 63.6 Å². The number of unbranched alkanes of at least 4 members (excludes halogenated alkanes) is 1. The number of anilines is 1. The van der Waals surface area contributed by atoms with Gasteiger partial charge < -0.3 is 9.64 Å². The third-order valence-electron chi connectivity index (χ3n) is 5.36. The highest BCUT2D eigenvalue weighted by atomic mass is 35.5. The minimum absolute atomic E-state index is 0.00722. The molecule has 8 heteroatoms. The minimum Gasteiger partial charge on any atom is -0.378 e. The summed E-state index contributed by atoms with van der Waals surface area (Å²) in [6.07, 6.45) is 7.70. The third kappa shape index (κ3) is 8.26. The van der Waals surface area contributed by atoms with Gasteiger partial charge in [-0.25, -0.2) is 0 Å². The summed E-state index contributed by atoms with van der Waals surface area (Å²) in [5.41, 5.74) is 0.511. The highest BCUT2D eigenvalue weighted by molar-refractivity contribution is 7.90. The topological polar surface area (TPSA) is 61.9 Å². The van der Waals surface area contributed by atoms with E-state index in [2.05, 4.69) is 23.2 Å². The molecule has 0 saturated heterocycles. The lowest BCUT2D eigenvalue weighted by Gasteiger charge is -2.34. The predicted molar refractivity (Wildman–Crippen MR) is 121 cm³/mol. The monoisotopic (exact) mass is 443 g/mol. The number of benzene rings is 1. The molecule has 0 aliphatic heterocycles. The number of ether oxygens (including phenoxy) is 1. The number of hydrogen-bond acceptors (Lipinski definition) is 4. The first kappa shape index (κ1) is 24.2. The summed E-state index contributed by atoms with van der Waals surface area (Å²) in [5, 5.41) is 0.573. The Balaban J connectivity index is 1.69. The first-order valence-corrected chi connectivity index (χ1v) is 12.1. The predicted octanol–water partition coefficient (Wildman–Crippen LogP) is 4.15. The van der Waals surface area contributed by atoms with E-state index in [1.807, 2.05) is 6.08 Å². The van der Waals surface area contributed by atoms with Gasteiger partial charge in [0.05, 0.1) is 6.10 Å². The van der Waals surface area contributed by atoms with Crippen molar-refractivity contribution in [1.29, 1.82) is 0 Å². The van der Waals surface area contributed by atoms with Crippen LogP contribution in [-0.2, 0) is 14.9 Å². The quantitative estimate of drug-likeness (QED) is 0.389. The van der Waals surface area contributed by atoms with Crippen molar-refractivity contribution < 1.29 is 13.2 Å². The molecular weight excluding hydrogens is 410 g/mol. The molecular formula is C21H34ClN3O3S. The molecule has 0 spiro atoms. The number of nitrogens with zero attached hydrogens (tertiary/aromatic N) is 2. The fourth-order valence-corrected chi connectivity index (χ4v) is 4.86. The van der Waals surface area contributed by atoms with Crippen molar-refractivity contribution in [1.82, 2.24) is 9.21 Å². The normalized spacial score (nSPS) is 20.2. The van der Waals surface area contributed by atoms with Gasteiger partial charge >= 0.3 is 10.2 Å². The van der Waals surface area contributed by atoms with Crippen molar-refractivity contribution in [2.45, 2.75) is 50.7 Å². The van der Waals surface area contributed by atoms with Gasteiger partial charge in [-0.05, 0) is 76.4 Å². The van der Waals surface area contributed by atoms with Gasteiger partial charge in [0, 0.05) is 37.0 Å². The molecule has 6 nitrogen and oxygen atoms in total. The molecule has 2 rings (SSSR count). The Morgan fingerprint density at radius 1 is 1.17 bits per heavy atom. The number of hydrogen-bond donors (Lipinski definition) is 1. The molecule has 0 amide bonds. The summed E-state index contributed by atoms with van der Waals surface area (Å²) >= 11 is 5.86. The Morgan fingerprint density at radius 2 is 1.83 bits per heavy atom. The van der Waals surface area contributed by atoms with Crippen LogP contribution in [0.25, 0.3) is 0 Å². The number of rotatable bonds is 12. The molecule has 1 aromatic carbocycles. The van der Waals surface area contributed by atoms with Gasteiger partial charge in [-0.2, -0.15) is 12.7 Å². The lowest BCUT2D eigenvalue weighted by atomic mass is 9.93. The van der Waals surface area contributed by atoms with Gasteiger partial charge in [-0.15, -0.1) is 6.58 Å². The van der Waals surface area contributed by atoms with E-state index in [1.165, 1.54) is 4.31 Å². The Labute approximate surface area is 181 Å². The lowest BCUT2D eigenvalue weighted by Crippen LogP contribution is -2.43. The van der Waals surface area contributed by atoms with Crippen LogP contribution in [0.2, 0.25) is 5.02 Å². The van der Waals surface area contributed by atoms with Crippen LogP contribution >= 0.6 is 11.6 Å². The van der Waals surface area contributed by atoms with Crippen LogP contribution in [0.1, 0.15) is 38.5 Å². The number of likely N-dealkylation sites (N-methyl/N-ethyl adjacent to an activating group) is 1. The van der Waals surface area contributed by atoms with Gasteiger partial charge in [0.2, 0.25) is 0 Å². The van der Waals surface area contributed by atoms with E-state index in [-0.39, 0.29) is 12.1 Å². The molecule has 0 aromatic heterocycles. The van der Waals surface area contributed by atoms with Crippen LogP contribution in [0.3, 0.4) is 0 Å². The molecule has 0 unspecified atom stereocenters. The summed E-state index contributed by atoms with van der Waals surface area (Å²) in [6.45, 7) is 6.47. The zero-order valence-electron chi connectivity index (χ0n) is 17.5. The van der Waals surface area contributed by atoms with Gasteiger partial charge in [-0.3, -0.25) is 4.72 Å². The van der Waals surface area contributed by atoms with E-state index in [9.17, 15) is 8.42 Å². The smallest absolute Gasteiger partial charge is 0.301 e. The summed E-state index contributed by atoms with van der Waals surface area (Å²) < 4.78 is 35.4. The van der Waals surface area contributed by atoms with Crippen molar-refractivity contribution in [3.63, 3.8) is 0 Å². The lowest BCUT2D eigenvalue weighted by molar-refractivity contribution is 0.0153. The Hall–Kier alpha value is -1.12. The van der Waals surface area contributed by atoms with Crippen LogP contribution < -0.4 is 4.72 Å². The Morgan fingerprint density at radius 3 is 2.45 bits per heavy atom. The van der Waals surface area contributed by atoms with Crippen LogP contribution in [0.4, 0.5) is 5.69 Å². The number of halogens is 1.